The number of fused-ring (bicyclic) bond motifs is 3. The third kappa shape index (κ3) is 1.44. The SMILES string of the molecule is NCCc1cn2c(nc3ccc(Br)cc32)[nH]1. The van der Waals surface area contributed by atoms with Crippen molar-refractivity contribution in [3.05, 3.63) is 34.6 Å². The molecule has 0 aliphatic carbocycles. The van der Waals surface area contributed by atoms with Crippen molar-refractivity contribution in [2.75, 3.05) is 6.54 Å². The average molecular weight is 279 g/mol. The van der Waals surface area contributed by atoms with Gasteiger partial charge in [0.1, 0.15) is 0 Å². The number of nitrogens with one attached hydrogen (secondary N) is 1. The van der Waals surface area contributed by atoms with Gasteiger partial charge >= 0.3 is 0 Å². The van der Waals surface area contributed by atoms with Crippen molar-refractivity contribution in [2.24, 2.45) is 5.73 Å². The number of imidazole rings is 2. The standard InChI is InChI=1S/C11H11BrN4/c12-7-1-2-9-10(5-7)16-6-8(3-4-13)14-11(16)15-9/h1-2,5-6H,3-4,13H2,(H,14,15). The molecule has 0 spiro atoms. The summed E-state index contributed by atoms with van der Waals surface area (Å²) in [5.41, 5.74) is 8.74. The third-order valence-electron chi connectivity index (χ3n) is 2.62. The van der Waals surface area contributed by atoms with Crippen LogP contribution in [0.5, 0.6) is 0 Å². The molecule has 0 saturated carbocycles. The number of nitrogens with zero attached hydrogens (tertiary/aromatic N) is 2. The van der Waals surface area contributed by atoms with Crippen LogP contribution in [0.1, 0.15) is 5.69 Å². The molecule has 0 saturated heterocycles. The Hall–Kier alpha value is -1.33. The van der Waals surface area contributed by atoms with Crippen LogP contribution in [-0.4, -0.2) is 20.9 Å². The molecule has 3 N–H and O–H groups in total. The molecule has 0 amide bonds. The molecular weight excluding hydrogens is 268 g/mol. The van der Waals surface area contributed by atoms with Gasteiger partial charge in [0.15, 0.2) is 0 Å². The zero-order valence-electron chi connectivity index (χ0n) is 8.57. The Labute approximate surface area is 101 Å². The largest absolute Gasteiger partial charge is 0.330 e. The Morgan fingerprint density at radius 1 is 1.44 bits per heavy atom. The first-order valence-corrected chi connectivity index (χ1v) is 5.92. The van der Waals surface area contributed by atoms with Gasteiger partial charge in [-0.3, -0.25) is 4.40 Å². The second kappa shape index (κ2) is 3.61. The molecular formula is C11H11BrN4. The Morgan fingerprint density at radius 3 is 3.12 bits per heavy atom. The molecule has 0 bridgehead atoms. The molecule has 5 heteroatoms. The summed E-state index contributed by atoms with van der Waals surface area (Å²) in [5.74, 6) is 0.872. The van der Waals surface area contributed by atoms with Crippen molar-refractivity contribution in [2.45, 2.75) is 6.42 Å². The summed E-state index contributed by atoms with van der Waals surface area (Å²) in [7, 11) is 0. The highest BCUT2D eigenvalue weighted by Gasteiger charge is 2.07. The van der Waals surface area contributed by atoms with Gasteiger partial charge in [0.25, 0.3) is 0 Å². The van der Waals surface area contributed by atoms with Crippen molar-refractivity contribution in [1.29, 1.82) is 0 Å². The quantitative estimate of drug-likeness (QED) is 0.754. The highest BCUT2D eigenvalue weighted by Crippen LogP contribution is 2.21. The maximum Gasteiger partial charge on any atom is 0.212 e. The van der Waals surface area contributed by atoms with Crippen LogP contribution in [-0.2, 0) is 6.42 Å². The lowest BCUT2D eigenvalue weighted by atomic mass is 10.3. The van der Waals surface area contributed by atoms with E-state index in [-0.39, 0.29) is 0 Å². The number of H-pyrrole nitrogens is 1. The van der Waals surface area contributed by atoms with Crippen LogP contribution in [0.4, 0.5) is 0 Å². The van der Waals surface area contributed by atoms with Gasteiger partial charge in [0.2, 0.25) is 5.78 Å². The highest BCUT2D eigenvalue weighted by molar-refractivity contribution is 9.10. The van der Waals surface area contributed by atoms with E-state index in [0.29, 0.717) is 6.54 Å². The van der Waals surface area contributed by atoms with Gasteiger partial charge in [0.05, 0.1) is 11.0 Å². The molecule has 0 unspecified atom stereocenters. The monoisotopic (exact) mass is 278 g/mol. The van der Waals surface area contributed by atoms with Crippen LogP contribution in [0.25, 0.3) is 16.8 Å². The number of hydrogen-bond donors (Lipinski definition) is 2. The highest BCUT2D eigenvalue weighted by atomic mass is 79.9. The van der Waals surface area contributed by atoms with Crippen LogP contribution in [0.15, 0.2) is 28.9 Å². The first-order chi connectivity index (χ1) is 7.78. The molecule has 2 heterocycles. The topological polar surface area (TPSA) is 59.1 Å². The molecule has 1 aromatic carbocycles. The smallest absolute Gasteiger partial charge is 0.212 e. The molecule has 0 aliphatic rings. The van der Waals surface area contributed by atoms with E-state index in [9.17, 15) is 0 Å². The minimum absolute atomic E-state index is 0.644. The summed E-state index contributed by atoms with van der Waals surface area (Å²) >= 11 is 3.47. The number of aromatic amines is 1. The first-order valence-electron chi connectivity index (χ1n) is 5.13. The summed E-state index contributed by atoms with van der Waals surface area (Å²) in [6.07, 6.45) is 2.91. The molecule has 0 aliphatic heterocycles. The first kappa shape index (κ1) is 9.86. The lowest BCUT2D eigenvalue weighted by molar-refractivity contribution is 0.936. The maximum atomic E-state index is 5.53. The molecule has 4 nitrogen and oxygen atoms in total. The molecule has 0 atom stereocenters. The number of nitrogens with two attached hydrogens (primary N) is 1. The fourth-order valence-electron chi connectivity index (χ4n) is 1.90. The summed E-state index contributed by atoms with van der Waals surface area (Å²) in [5, 5.41) is 0. The van der Waals surface area contributed by atoms with E-state index in [0.717, 1.165) is 33.4 Å². The Bertz CT molecular complexity index is 652. The number of aromatic nitrogens is 3. The molecule has 2 aromatic heterocycles. The molecule has 0 fully saturated rings. The van der Waals surface area contributed by atoms with E-state index in [1.165, 1.54) is 0 Å². The maximum absolute atomic E-state index is 5.53. The lowest BCUT2D eigenvalue weighted by Gasteiger charge is -1.92. The zero-order chi connectivity index (χ0) is 11.1. The zero-order valence-corrected chi connectivity index (χ0v) is 10.2. The molecule has 16 heavy (non-hydrogen) atoms. The van der Waals surface area contributed by atoms with Gasteiger partial charge in [-0.15, -0.1) is 0 Å². The van der Waals surface area contributed by atoms with Crippen LogP contribution in [0.2, 0.25) is 0 Å². The van der Waals surface area contributed by atoms with Crippen molar-refractivity contribution < 1.29 is 0 Å². The fourth-order valence-corrected chi connectivity index (χ4v) is 2.25. The summed E-state index contributed by atoms with van der Waals surface area (Å²) in [6.45, 7) is 0.644. The van der Waals surface area contributed by atoms with Crippen LogP contribution < -0.4 is 5.73 Å². The van der Waals surface area contributed by atoms with E-state index in [1.807, 2.05) is 12.1 Å². The van der Waals surface area contributed by atoms with Gasteiger partial charge in [-0.05, 0) is 24.7 Å². The normalized spacial score (nSPS) is 11.6. The second-order valence-corrected chi connectivity index (χ2v) is 4.67. The van der Waals surface area contributed by atoms with Gasteiger partial charge in [0, 0.05) is 22.8 Å². The van der Waals surface area contributed by atoms with Crippen LogP contribution >= 0.6 is 15.9 Å². The number of halogens is 1. The summed E-state index contributed by atoms with van der Waals surface area (Å²) < 4.78 is 3.12. The number of rotatable bonds is 2. The molecule has 82 valence electrons. The predicted octanol–water partition coefficient (Wildman–Crippen LogP) is 2.08. The van der Waals surface area contributed by atoms with Gasteiger partial charge in [-0.25, -0.2) is 4.98 Å². The molecule has 0 radical (unpaired) electrons. The molecule has 3 rings (SSSR count). The van der Waals surface area contributed by atoms with Crippen molar-refractivity contribution >= 4 is 32.7 Å². The molecule has 3 aromatic rings. The van der Waals surface area contributed by atoms with Crippen molar-refractivity contribution in [1.82, 2.24) is 14.4 Å². The number of benzene rings is 1. The van der Waals surface area contributed by atoms with Crippen molar-refractivity contribution in [3.63, 3.8) is 0 Å². The van der Waals surface area contributed by atoms with E-state index >= 15 is 0 Å². The van der Waals surface area contributed by atoms with E-state index in [2.05, 4.69) is 42.6 Å². The Balaban J connectivity index is 2.28. The van der Waals surface area contributed by atoms with Gasteiger partial charge in [-0.1, -0.05) is 15.9 Å². The predicted molar refractivity (Wildman–Crippen MR) is 67.5 cm³/mol. The van der Waals surface area contributed by atoms with Crippen LogP contribution in [0, 0.1) is 0 Å². The van der Waals surface area contributed by atoms with E-state index in [1.54, 1.807) is 0 Å². The minimum atomic E-state index is 0.644. The fraction of sp³-hybridized carbons (Fsp3) is 0.182. The Kier molecular flexibility index (Phi) is 2.22. The minimum Gasteiger partial charge on any atom is -0.330 e. The lowest BCUT2D eigenvalue weighted by Crippen LogP contribution is -2.02. The third-order valence-corrected chi connectivity index (χ3v) is 3.12. The van der Waals surface area contributed by atoms with Gasteiger partial charge in [-0.2, -0.15) is 0 Å². The average Bonchev–Trinajstić information content (AvgIpc) is 2.76. The van der Waals surface area contributed by atoms with Gasteiger partial charge < -0.3 is 10.7 Å². The van der Waals surface area contributed by atoms with E-state index in [4.69, 9.17) is 5.73 Å². The summed E-state index contributed by atoms with van der Waals surface area (Å²) in [4.78, 5) is 7.77. The Morgan fingerprint density at radius 2 is 2.31 bits per heavy atom. The second-order valence-electron chi connectivity index (χ2n) is 3.76. The van der Waals surface area contributed by atoms with Crippen LogP contribution in [0.3, 0.4) is 0 Å². The number of hydrogen-bond acceptors (Lipinski definition) is 2. The summed E-state index contributed by atoms with van der Waals surface area (Å²) in [6, 6.07) is 6.06. The van der Waals surface area contributed by atoms with E-state index < -0.39 is 0 Å². The van der Waals surface area contributed by atoms with Crippen molar-refractivity contribution in [3.8, 4) is 0 Å².